The third kappa shape index (κ3) is 1.75. The summed E-state index contributed by atoms with van der Waals surface area (Å²) in [4.78, 5) is 12.2. The minimum atomic E-state index is -0.188. The quantitative estimate of drug-likeness (QED) is 0.464. The smallest absolute Gasteiger partial charge is 0.339 e. The molecule has 1 aliphatic carbocycles. The Morgan fingerprint density at radius 2 is 1.75 bits per heavy atom. The van der Waals surface area contributed by atoms with Gasteiger partial charge in [0.15, 0.2) is 0 Å². The Balaban J connectivity index is 1.92. The average molecular weight is 316 g/mol. The van der Waals surface area contributed by atoms with E-state index in [4.69, 9.17) is 8.83 Å². The maximum atomic E-state index is 12.2. The number of hydrogen-bond donors (Lipinski definition) is 0. The van der Waals surface area contributed by atoms with E-state index >= 15 is 0 Å². The van der Waals surface area contributed by atoms with Crippen LogP contribution in [0.3, 0.4) is 0 Å². The second-order valence-corrected chi connectivity index (χ2v) is 6.47. The zero-order valence-corrected chi connectivity index (χ0v) is 13.4. The SMILES string of the molecule is Cc1c2occ(-c3ccccc3)c2cc2c3c(c(=O)oc12)CCC3. The van der Waals surface area contributed by atoms with Gasteiger partial charge in [-0.2, -0.15) is 0 Å². The normalized spacial score (nSPS) is 13.7. The van der Waals surface area contributed by atoms with Crippen molar-refractivity contribution < 1.29 is 8.83 Å². The predicted octanol–water partition coefficient (Wildman–Crippen LogP) is 5.00. The van der Waals surface area contributed by atoms with Crippen molar-refractivity contribution in [3.05, 3.63) is 69.8 Å². The summed E-state index contributed by atoms with van der Waals surface area (Å²) in [5.41, 5.74) is 6.39. The molecule has 0 aliphatic heterocycles. The van der Waals surface area contributed by atoms with Crippen LogP contribution in [-0.2, 0) is 12.8 Å². The molecule has 2 aromatic carbocycles. The Kier molecular flexibility index (Phi) is 2.75. The lowest BCUT2D eigenvalue weighted by Gasteiger charge is -2.07. The van der Waals surface area contributed by atoms with Crippen molar-refractivity contribution in [2.75, 3.05) is 0 Å². The van der Waals surface area contributed by atoms with E-state index in [-0.39, 0.29) is 5.63 Å². The molecular formula is C21H16O3. The molecule has 3 heteroatoms. The molecule has 0 atom stereocenters. The zero-order chi connectivity index (χ0) is 16.3. The summed E-state index contributed by atoms with van der Waals surface area (Å²) in [6.07, 6.45) is 4.58. The van der Waals surface area contributed by atoms with Gasteiger partial charge < -0.3 is 8.83 Å². The summed E-state index contributed by atoms with van der Waals surface area (Å²) >= 11 is 0. The topological polar surface area (TPSA) is 43.4 Å². The lowest BCUT2D eigenvalue weighted by Crippen LogP contribution is -2.07. The molecule has 24 heavy (non-hydrogen) atoms. The van der Waals surface area contributed by atoms with Gasteiger partial charge >= 0.3 is 5.63 Å². The van der Waals surface area contributed by atoms with Crippen LogP contribution in [0.15, 0.2) is 56.3 Å². The number of furan rings is 1. The molecule has 1 aliphatic rings. The van der Waals surface area contributed by atoms with Crippen molar-refractivity contribution >= 4 is 21.9 Å². The van der Waals surface area contributed by atoms with Gasteiger partial charge in [-0.05, 0) is 43.4 Å². The van der Waals surface area contributed by atoms with Crippen molar-refractivity contribution in [2.45, 2.75) is 26.2 Å². The molecule has 0 amide bonds. The fraction of sp³-hybridized carbons (Fsp3) is 0.190. The fourth-order valence-electron chi connectivity index (χ4n) is 3.93. The van der Waals surface area contributed by atoms with E-state index in [1.54, 1.807) is 6.26 Å². The summed E-state index contributed by atoms with van der Waals surface area (Å²) < 4.78 is 11.5. The first-order valence-corrected chi connectivity index (χ1v) is 8.29. The first kappa shape index (κ1) is 13.6. The molecule has 2 aromatic heterocycles. The Bertz CT molecular complexity index is 1150. The number of fused-ring (bicyclic) bond motifs is 4. The van der Waals surface area contributed by atoms with Gasteiger partial charge in [-0.1, -0.05) is 30.3 Å². The molecule has 0 unspecified atom stereocenters. The zero-order valence-electron chi connectivity index (χ0n) is 13.4. The highest BCUT2D eigenvalue weighted by Gasteiger charge is 2.23. The van der Waals surface area contributed by atoms with Crippen LogP contribution in [0.2, 0.25) is 0 Å². The molecular weight excluding hydrogens is 300 g/mol. The lowest BCUT2D eigenvalue weighted by atomic mass is 9.98. The van der Waals surface area contributed by atoms with Crippen LogP contribution >= 0.6 is 0 Å². The molecule has 118 valence electrons. The standard InChI is InChI=1S/C21H16O3/c1-12-19-17(18(11-23-19)13-6-3-2-4-7-13)10-16-14-8-5-9-15(14)21(22)24-20(12)16/h2-4,6-7,10-11H,5,8-9H2,1H3. The van der Waals surface area contributed by atoms with E-state index in [1.807, 2.05) is 25.1 Å². The molecule has 0 bridgehead atoms. The third-order valence-corrected chi connectivity index (χ3v) is 5.11. The fourth-order valence-corrected chi connectivity index (χ4v) is 3.93. The second-order valence-electron chi connectivity index (χ2n) is 6.47. The first-order valence-electron chi connectivity index (χ1n) is 8.29. The number of aryl methyl sites for hydroxylation is 2. The van der Waals surface area contributed by atoms with Gasteiger partial charge in [0.1, 0.15) is 11.2 Å². The maximum absolute atomic E-state index is 12.2. The van der Waals surface area contributed by atoms with E-state index in [9.17, 15) is 4.79 Å². The summed E-state index contributed by atoms with van der Waals surface area (Å²) in [6.45, 7) is 1.97. The van der Waals surface area contributed by atoms with E-state index in [2.05, 4.69) is 18.2 Å². The molecule has 0 saturated carbocycles. The molecule has 0 spiro atoms. The number of rotatable bonds is 1. The van der Waals surface area contributed by atoms with E-state index < -0.39 is 0 Å². The summed E-state index contributed by atoms with van der Waals surface area (Å²) in [5.74, 6) is 0. The van der Waals surface area contributed by atoms with Gasteiger partial charge in [-0.25, -0.2) is 4.79 Å². The highest BCUT2D eigenvalue weighted by atomic mass is 16.4. The van der Waals surface area contributed by atoms with Crippen molar-refractivity contribution in [3.8, 4) is 11.1 Å². The van der Waals surface area contributed by atoms with Crippen molar-refractivity contribution in [3.63, 3.8) is 0 Å². The molecule has 5 rings (SSSR count). The molecule has 3 nitrogen and oxygen atoms in total. The van der Waals surface area contributed by atoms with Gasteiger partial charge in [0.2, 0.25) is 0 Å². The van der Waals surface area contributed by atoms with Crippen LogP contribution in [0.5, 0.6) is 0 Å². The maximum Gasteiger partial charge on any atom is 0.339 e. The number of hydrogen-bond acceptors (Lipinski definition) is 3. The number of benzene rings is 2. The molecule has 2 heterocycles. The van der Waals surface area contributed by atoms with E-state index in [1.165, 1.54) is 0 Å². The van der Waals surface area contributed by atoms with Gasteiger partial charge in [0.25, 0.3) is 0 Å². The average Bonchev–Trinajstić information content (AvgIpc) is 3.24. The highest BCUT2D eigenvalue weighted by Crippen LogP contribution is 2.38. The lowest BCUT2D eigenvalue weighted by molar-refractivity contribution is 0.548. The van der Waals surface area contributed by atoms with Crippen molar-refractivity contribution in [2.24, 2.45) is 0 Å². The summed E-state index contributed by atoms with van der Waals surface area (Å²) in [6, 6.07) is 12.4. The van der Waals surface area contributed by atoms with Crippen LogP contribution in [-0.4, -0.2) is 0 Å². The molecule has 4 aromatic rings. The van der Waals surface area contributed by atoms with Gasteiger partial charge in [0, 0.05) is 27.5 Å². The minimum absolute atomic E-state index is 0.188. The van der Waals surface area contributed by atoms with Gasteiger partial charge in [0.05, 0.1) is 6.26 Å². The molecule has 0 fully saturated rings. The second kappa shape index (κ2) is 4.84. The van der Waals surface area contributed by atoms with Gasteiger partial charge in [-0.15, -0.1) is 0 Å². The Hall–Kier alpha value is -2.81. The minimum Gasteiger partial charge on any atom is -0.463 e. The monoisotopic (exact) mass is 316 g/mol. The van der Waals surface area contributed by atoms with Crippen LogP contribution in [0.4, 0.5) is 0 Å². The summed E-state index contributed by atoms with van der Waals surface area (Å²) in [7, 11) is 0. The van der Waals surface area contributed by atoms with Gasteiger partial charge in [-0.3, -0.25) is 0 Å². The Morgan fingerprint density at radius 1 is 0.958 bits per heavy atom. The van der Waals surface area contributed by atoms with E-state index in [0.29, 0.717) is 5.58 Å². The molecule has 0 N–H and O–H groups in total. The third-order valence-electron chi connectivity index (χ3n) is 5.11. The van der Waals surface area contributed by atoms with Crippen LogP contribution < -0.4 is 5.63 Å². The van der Waals surface area contributed by atoms with Crippen LogP contribution in [0, 0.1) is 6.92 Å². The first-order chi connectivity index (χ1) is 11.7. The largest absolute Gasteiger partial charge is 0.463 e. The Morgan fingerprint density at radius 3 is 2.58 bits per heavy atom. The Labute approximate surface area is 138 Å². The molecule has 0 saturated heterocycles. The van der Waals surface area contributed by atoms with Crippen molar-refractivity contribution in [1.82, 2.24) is 0 Å². The molecule has 0 radical (unpaired) electrons. The summed E-state index contributed by atoms with van der Waals surface area (Å²) in [5, 5.41) is 2.14. The van der Waals surface area contributed by atoms with Crippen LogP contribution in [0.1, 0.15) is 23.1 Å². The van der Waals surface area contributed by atoms with E-state index in [0.717, 1.165) is 63.4 Å². The predicted molar refractivity (Wildman–Crippen MR) is 94.5 cm³/mol. The highest BCUT2D eigenvalue weighted by molar-refractivity contribution is 6.05. The van der Waals surface area contributed by atoms with Crippen LogP contribution in [0.25, 0.3) is 33.1 Å². The van der Waals surface area contributed by atoms with Crippen molar-refractivity contribution in [1.29, 1.82) is 0 Å².